The molecular weight excluding hydrogens is 247 g/mol. The van der Waals surface area contributed by atoms with Crippen molar-refractivity contribution in [1.29, 1.82) is 0 Å². The standard InChI is InChI=1S/C5H11IO2Si/c1-5(2,3)8-4(7)9-6/h9H2,1-3H3. The fourth-order valence-electron chi connectivity index (χ4n) is 0.369. The Bertz CT molecular complexity index is 108. The lowest BCUT2D eigenvalue weighted by Gasteiger charge is -2.18. The van der Waals surface area contributed by atoms with E-state index < -0.39 is 7.02 Å². The molecule has 54 valence electrons. The SMILES string of the molecule is CC(C)(C)OC(=O)[SiH2]I. The lowest BCUT2D eigenvalue weighted by Crippen LogP contribution is -2.24. The Kier molecular flexibility index (Phi) is 3.72. The van der Waals surface area contributed by atoms with Crippen LogP contribution in [-0.4, -0.2) is 18.2 Å². The van der Waals surface area contributed by atoms with Gasteiger partial charge in [-0.1, -0.05) is 0 Å². The smallest absolute Gasteiger partial charge is 0.276 e. The number of rotatable bonds is 1. The molecule has 2 nitrogen and oxygen atoms in total. The van der Waals surface area contributed by atoms with Gasteiger partial charge in [-0.25, -0.2) is 0 Å². The summed E-state index contributed by atoms with van der Waals surface area (Å²) in [5, 5.41) is 0. The molecule has 0 amide bonds. The van der Waals surface area contributed by atoms with E-state index in [1.165, 1.54) is 0 Å². The normalized spacial score (nSPS) is 12.4. The molecule has 9 heavy (non-hydrogen) atoms. The van der Waals surface area contributed by atoms with E-state index in [1.807, 2.05) is 20.8 Å². The molecule has 0 aromatic rings. The second-order valence-electron chi connectivity index (χ2n) is 2.72. The summed E-state index contributed by atoms with van der Waals surface area (Å²) >= 11 is 2.12. The number of hydrogen-bond acceptors (Lipinski definition) is 2. The third-order valence-corrected chi connectivity index (χ3v) is 2.76. The van der Waals surface area contributed by atoms with Crippen molar-refractivity contribution in [2.75, 3.05) is 0 Å². The number of ether oxygens (including phenoxy) is 1. The molecule has 0 unspecified atom stereocenters. The molecule has 0 radical (unpaired) electrons. The zero-order valence-electron chi connectivity index (χ0n) is 5.90. The molecule has 0 aliphatic heterocycles. The summed E-state index contributed by atoms with van der Waals surface area (Å²) in [7, 11) is -0.633. The van der Waals surface area contributed by atoms with Crippen molar-refractivity contribution in [1.82, 2.24) is 0 Å². The molecule has 0 saturated carbocycles. The highest BCUT2D eigenvalue weighted by Gasteiger charge is 2.14. The van der Waals surface area contributed by atoms with Gasteiger partial charge >= 0.3 is 0 Å². The highest BCUT2D eigenvalue weighted by molar-refractivity contribution is 14.1. The number of hydrogen-bond donors (Lipinski definition) is 0. The zero-order chi connectivity index (χ0) is 7.49. The van der Waals surface area contributed by atoms with Crippen LogP contribution in [0.3, 0.4) is 0 Å². The van der Waals surface area contributed by atoms with Crippen molar-refractivity contribution in [3.8, 4) is 0 Å². The predicted molar refractivity (Wildman–Crippen MR) is 48.8 cm³/mol. The van der Waals surface area contributed by atoms with Crippen LogP contribution in [0.4, 0.5) is 4.79 Å². The molecule has 0 atom stereocenters. The molecule has 0 aromatic heterocycles. The summed E-state index contributed by atoms with van der Waals surface area (Å²) in [4.78, 5) is 10.7. The van der Waals surface area contributed by atoms with Crippen molar-refractivity contribution < 1.29 is 9.53 Å². The second kappa shape index (κ2) is 3.55. The van der Waals surface area contributed by atoms with E-state index in [4.69, 9.17) is 4.74 Å². The number of carbonyl (C=O) groups is 1. The van der Waals surface area contributed by atoms with Crippen LogP contribution in [-0.2, 0) is 4.74 Å². The van der Waals surface area contributed by atoms with Gasteiger partial charge in [0.15, 0.2) is 0 Å². The van der Waals surface area contributed by atoms with Crippen LogP contribution < -0.4 is 0 Å². The monoisotopic (exact) mass is 258 g/mol. The number of carbonyl (C=O) groups excluding carboxylic acids is 1. The molecule has 0 aliphatic carbocycles. The van der Waals surface area contributed by atoms with Gasteiger partial charge in [0.1, 0.15) is 5.60 Å². The average Bonchev–Trinajstić information content (AvgIpc) is 1.62. The molecule has 0 aromatic carbocycles. The predicted octanol–water partition coefficient (Wildman–Crippen LogP) is 1.44. The maximum atomic E-state index is 10.7. The molecule has 0 rings (SSSR count). The van der Waals surface area contributed by atoms with Crippen LogP contribution in [0, 0.1) is 0 Å². The number of halogens is 1. The van der Waals surface area contributed by atoms with Gasteiger partial charge in [0.05, 0.1) is 0 Å². The Morgan fingerprint density at radius 3 is 2.11 bits per heavy atom. The highest BCUT2D eigenvalue weighted by atomic mass is 127. The maximum absolute atomic E-state index is 10.7. The fraction of sp³-hybridized carbons (Fsp3) is 0.800. The summed E-state index contributed by atoms with van der Waals surface area (Å²) in [5.74, 6) is 0. The van der Waals surface area contributed by atoms with Crippen molar-refractivity contribution in [3.05, 3.63) is 0 Å². The Morgan fingerprint density at radius 2 is 2.00 bits per heavy atom. The molecule has 4 heteroatoms. The van der Waals surface area contributed by atoms with E-state index in [0.717, 1.165) is 0 Å². The van der Waals surface area contributed by atoms with Gasteiger partial charge in [-0.2, -0.15) is 0 Å². The summed E-state index contributed by atoms with van der Waals surface area (Å²) in [6.45, 7) is 5.64. The van der Waals surface area contributed by atoms with Crippen LogP contribution in [0.5, 0.6) is 0 Å². The Morgan fingerprint density at radius 1 is 1.56 bits per heavy atom. The van der Waals surface area contributed by atoms with Gasteiger partial charge in [-0.05, 0) is 20.8 Å². The van der Waals surface area contributed by atoms with Crippen molar-refractivity contribution in [2.45, 2.75) is 26.4 Å². The molecule has 0 spiro atoms. The molecule has 0 aliphatic rings. The first-order chi connectivity index (χ1) is 3.95. The van der Waals surface area contributed by atoms with Crippen LogP contribution in [0.25, 0.3) is 0 Å². The Hall–Kier alpha value is 0.417. The van der Waals surface area contributed by atoms with Gasteiger partial charge in [-0.3, -0.25) is 4.79 Å². The van der Waals surface area contributed by atoms with Gasteiger partial charge < -0.3 is 4.74 Å². The molecule has 0 bridgehead atoms. The molecule has 0 fully saturated rings. The van der Waals surface area contributed by atoms with Gasteiger partial charge in [0.25, 0.3) is 5.59 Å². The maximum Gasteiger partial charge on any atom is 0.276 e. The van der Waals surface area contributed by atoms with Crippen LogP contribution >= 0.6 is 21.8 Å². The summed E-state index contributed by atoms with van der Waals surface area (Å²) in [6.07, 6.45) is 0. The van der Waals surface area contributed by atoms with E-state index in [1.54, 1.807) is 0 Å². The second-order valence-corrected chi connectivity index (χ2v) is 5.85. The van der Waals surface area contributed by atoms with E-state index in [2.05, 4.69) is 21.8 Å². The summed E-state index contributed by atoms with van der Waals surface area (Å²) in [5.41, 5.74) is -0.307. The quantitative estimate of drug-likeness (QED) is 0.404. The van der Waals surface area contributed by atoms with E-state index in [-0.39, 0.29) is 11.2 Å². The molecule has 0 heterocycles. The summed E-state index contributed by atoms with van der Waals surface area (Å²) < 4.78 is 5.00. The first-order valence-electron chi connectivity index (χ1n) is 2.73. The van der Waals surface area contributed by atoms with Crippen molar-refractivity contribution in [2.24, 2.45) is 0 Å². The van der Waals surface area contributed by atoms with E-state index >= 15 is 0 Å². The lowest BCUT2D eigenvalue weighted by molar-refractivity contribution is 0.0723. The molecular formula is C5H11IO2Si. The highest BCUT2D eigenvalue weighted by Crippen LogP contribution is 2.07. The fourth-order valence-corrected chi connectivity index (χ4v) is 1.32. The van der Waals surface area contributed by atoms with Gasteiger partial charge in [0, 0.05) is 0 Å². The van der Waals surface area contributed by atoms with E-state index in [0.29, 0.717) is 0 Å². The van der Waals surface area contributed by atoms with Gasteiger partial charge in [0.2, 0.25) is 7.02 Å². The third-order valence-electron chi connectivity index (χ3n) is 0.529. The summed E-state index contributed by atoms with van der Waals surface area (Å²) in [6, 6.07) is 0. The minimum Gasteiger partial charge on any atom is -0.464 e. The van der Waals surface area contributed by atoms with Crippen LogP contribution in [0.2, 0.25) is 0 Å². The Balaban J connectivity index is 3.60. The average molecular weight is 258 g/mol. The molecule has 0 saturated heterocycles. The third kappa shape index (κ3) is 6.30. The van der Waals surface area contributed by atoms with E-state index in [9.17, 15) is 4.79 Å². The first-order valence-corrected chi connectivity index (χ1v) is 8.55. The van der Waals surface area contributed by atoms with Crippen LogP contribution in [0.15, 0.2) is 0 Å². The van der Waals surface area contributed by atoms with Gasteiger partial charge in [-0.15, -0.1) is 21.8 Å². The Labute approximate surface area is 70.4 Å². The van der Waals surface area contributed by atoms with Crippen LogP contribution in [0.1, 0.15) is 20.8 Å². The zero-order valence-corrected chi connectivity index (χ0v) is 9.47. The molecule has 0 N–H and O–H groups in total. The minimum absolute atomic E-state index is 0.0110. The largest absolute Gasteiger partial charge is 0.464 e. The lowest BCUT2D eigenvalue weighted by atomic mass is 10.2. The topological polar surface area (TPSA) is 26.3 Å². The van der Waals surface area contributed by atoms with Crippen molar-refractivity contribution >= 4 is 34.4 Å². The first kappa shape index (κ1) is 9.42. The van der Waals surface area contributed by atoms with Crippen molar-refractivity contribution in [3.63, 3.8) is 0 Å². The minimum atomic E-state index is -0.633.